The van der Waals surface area contributed by atoms with Crippen LogP contribution in [0.25, 0.3) is 0 Å². The highest BCUT2D eigenvalue weighted by Crippen LogP contribution is 1.89. The zero-order valence-electron chi connectivity index (χ0n) is 23.4. The van der Waals surface area contributed by atoms with Crippen LogP contribution in [-0.4, -0.2) is 0 Å². The molecule has 0 aliphatic carbocycles. The average Bonchev–Trinajstić information content (AvgIpc) is 2.85. The van der Waals surface area contributed by atoms with Gasteiger partial charge in [-0.05, 0) is 0 Å². The van der Waals surface area contributed by atoms with Crippen LogP contribution in [0.5, 0.6) is 0 Å². The molecule has 0 aromatic heterocycles. The minimum absolute atomic E-state index is 1.34. The van der Waals surface area contributed by atoms with E-state index in [2.05, 4.69) is 55.4 Å². The quantitative estimate of drug-likeness (QED) is 0.379. The summed E-state index contributed by atoms with van der Waals surface area (Å²) in [7, 11) is 0. The largest absolute Gasteiger partial charge is 0.0654 e. The van der Waals surface area contributed by atoms with Crippen LogP contribution < -0.4 is 0 Å². The number of hydrogen-bond donors (Lipinski definition) is 0. The van der Waals surface area contributed by atoms with E-state index in [1.54, 1.807) is 0 Å². The second kappa shape index (κ2) is 47.3. The molecule has 2 aromatic rings. The van der Waals surface area contributed by atoms with Crippen molar-refractivity contribution in [3.63, 3.8) is 0 Å². The van der Waals surface area contributed by atoms with E-state index in [-0.39, 0.29) is 0 Å². The zero-order valence-corrected chi connectivity index (χ0v) is 23.4. The van der Waals surface area contributed by atoms with Gasteiger partial charge in [-0.3, -0.25) is 0 Å². The molecule has 0 fully saturated rings. The van der Waals surface area contributed by atoms with Crippen LogP contribution in [0.15, 0.2) is 72.8 Å². The van der Waals surface area contributed by atoms with E-state index in [9.17, 15) is 0 Å². The van der Waals surface area contributed by atoms with E-state index in [0.717, 1.165) is 0 Å². The van der Waals surface area contributed by atoms with Crippen LogP contribution in [0.2, 0.25) is 0 Å². The fourth-order valence-corrected chi connectivity index (χ4v) is 2.18. The Bertz CT molecular complexity index is 303. The second-order valence-corrected chi connectivity index (χ2v) is 7.72. The third kappa shape index (κ3) is 63.0. The Kier molecular flexibility index (Phi) is 55.8. The first-order chi connectivity index (χ1) is 15.7. The third-order valence-electron chi connectivity index (χ3n) is 4.16. The van der Waals surface area contributed by atoms with E-state index in [0.29, 0.717) is 0 Å². The molecular weight excluding hydrogens is 384 g/mol. The summed E-state index contributed by atoms with van der Waals surface area (Å²) in [4.78, 5) is 0. The zero-order chi connectivity index (χ0) is 25.0. The number of unbranched alkanes of at least 4 members (excludes halogenated alkanes) is 8. The molecule has 0 unspecified atom stereocenters. The van der Waals surface area contributed by atoms with Crippen molar-refractivity contribution in [2.75, 3.05) is 0 Å². The molecule has 188 valence electrons. The Morgan fingerprint density at radius 3 is 0.344 bits per heavy atom. The minimum atomic E-state index is 1.34. The molecule has 0 nitrogen and oxygen atoms in total. The summed E-state index contributed by atoms with van der Waals surface area (Å²) in [5, 5.41) is 0. The molecule has 32 heavy (non-hydrogen) atoms. The topological polar surface area (TPSA) is 0 Å². The Morgan fingerprint density at radius 2 is 0.312 bits per heavy atom. The molecule has 0 spiro atoms. The van der Waals surface area contributed by atoms with Gasteiger partial charge in [0.2, 0.25) is 0 Å². The van der Waals surface area contributed by atoms with Gasteiger partial charge in [0.05, 0.1) is 0 Å². The highest BCUT2D eigenvalue weighted by molar-refractivity contribution is 4.99. The molecule has 0 saturated heterocycles. The minimum Gasteiger partial charge on any atom is -0.0654 e. The maximum atomic E-state index is 2.21. The SMILES string of the molecule is CCCCC.CCCCC.CCCCC.CCCCC.c1ccccc1.c1ccccc1. The van der Waals surface area contributed by atoms with Gasteiger partial charge in [0.25, 0.3) is 0 Å². The maximum absolute atomic E-state index is 2.21. The molecule has 0 amide bonds. The van der Waals surface area contributed by atoms with Crippen molar-refractivity contribution in [1.29, 1.82) is 0 Å². The standard InChI is InChI=1S/2C6H6.4C5H12/c2*1-2-4-6-5-3-1;4*1-3-5-4-2/h2*1-6H;4*3-5H2,1-2H3. The summed E-state index contributed by atoms with van der Waals surface area (Å²) < 4.78 is 0. The predicted octanol–water partition coefficient (Wildman–Crippen LogP) is 12.2. The molecule has 2 aromatic carbocycles. The van der Waals surface area contributed by atoms with Crippen molar-refractivity contribution >= 4 is 0 Å². The van der Waals surface area contributed by atoms with Crippen LogP contribution in [0.1, 0.15) is 132 Å². The van der Waals surface area contributed by atoms with Gasteiger partial charge in [0, 0.05) is 0 Å². The van der Waals surface area contributed by atoms with Gasteiger partial charge in [-0.2, -0.15) is 0 Å². The van der Waals surface area contributed by atoms with Crippen molar-refractivity contribution in [1.82, 2.24) is 0 Å². The number of benzene rings is 2. The lowest BCUT2D eigenvalue weighted by atomic mass is 10.3. The monoisotopic (exact) mass is 444 g/mol. The Balaban J connectivity index is -0.000000148. The van der Waals surface area contributed by atoms with Crippen molar-refractivity contribution in [2.45, 2.75) is 132 Å². The summed E-state index contributed by atoms with van der Waals surface area (Å²) in [6.45, 7) is 17.7. The first-order valence-corrected chi connectivity index (χ1v) is 13.7. The second-order valence-electron chi connectivity index (χ2n) is 7.72. The van der Waals surface area contributed by atoms with E-state index in [1.807, 2.05) is 72.8 Å². The highest BCUT2D eigenvalue weighted by Gasteiger charge is 1.69. The molecule has 0 saturated carbocycles. The smallest absolute Gasteiger partial charge is 0.0538 e. The van der Waals surface area contributed by atoms with Gasteiger partial charge in [-0.1, -0.05) is 205 Å². The van der Waals surface area contributed by atoms with Gasteiger partial charge >= 0.3 is 0 Å². The number of rotatable bonds is 8. The van der Waals surface area contributed by atoms with Crippen molar-refractivity contribution < 1.29 is 0 Å². The molecule has 0 heterocycles. The molecular formula is C32H60. The summed E-state index contributed by atoms with van der Waals surface area (Å²) in [6.07, 6.45) is 16.3. The average molecular weight is 445 g/mol. The molecule has 0 N–H and O–H groups in total. The van der Waals surface area contributed by atoms with Gasteiger partial charge in [0.15, 0.2) is 0 Å². The Labute approximate surface area is 205 Å². The van der Waals surface area contributed by atoms with Gasteiger partial charge in [-0.15, -0.1) is 0 Å². The highest BCUT2D eigenvalue weighted by atomic mass is 13.8. The maximum Gasteiger partial charge on any atom is -0.0538 e. The fourth-order valence-electron chi connectivity index (χ4n) is 2.18. The first kappa shape index (κ1) is 37.7. The molecule has 0 aliphatic rings. The molecule has 2 rings (SSSR count). The van der Waals surface area contributed by atoms with E-state index < -0.39 is 0 Å². The molecule has 0 atom stereocenters. The molecule has 0 radical (unpaired) electrons. The normalized spacial score (nSPS) is 8.25. The first-order valence-electron chi connectivity index (χ1n) is 13.7. The molecule has 0 aliphatic heterocycles. The van der Waals surface area contributed by atoms with E-state index >= 15 is 0 Å². The van der Waals surface area contributed by atoms with Crippen LogP contribution >= 0.6 is 0 Å². The fraction of sp³-hybridized carbons (Fsp3) is 0.625. The lowest BCUT2D eigenvalue weighted by molar-refractivity contribution is 0.772. The Morgan fingerprint density at radius 1 is 0.219 bits per heavy atom. The van der Waals surface area contributed by atoms with Crippen molar-refractivity contribution in [3.05, 3.63) is 72.8 Å². The van der Waals surface area contributed by atoms with Crippen LogP contribution in [0.4, 0.5) is 0 Å². The van der Waals surface area contributed by atoms with Crippen molar-refractivity contribution in [3.8, 4) is 0 Å². The molecule has 0 bridgehead atoms. The van der Waals surface area contributed by atoms with Crippen LogP contribution in [0.3, 0.4) is 0 Å². The summed E-state index contributed by atoms with van der Waals surface area (Å²) in [5.74, 6) is 0. The van der Waals surface area contributed by atoms with Gasteiger partial charge in [-0.25, -0.2) is 0 Å². The van der Waals surface area contributed by atoms with E-state index in [1.165, 1.54) is 77.0 Å². The third-order valence-corrected chi connectivity index (χ3v) is 4.16. The lowest BCUT2D eigenvalue weighted by Gasteiger charge is -1.79. The summed E-state index contributed by atoms with van der Waals surface area (Å²) in [5.41, 5.74) is 0. The van der Waals surface area contributed by atoms with E-state index in [4.69, 9.17) is 0 Å². The summed E-state index contributed by atoms with van der Waals surface area (Å²) >= 11 is 0. The van der Waals surface area contributed by atoms with Crippen LogP contribution in [-0.2, 0) is 0 Å². The number of hydrogen-bond acceptors (Lipinski definition) is 0. The molecule has 0 heteroatoms. The summed E-state index contributed by atoms with van der Waals surface area (Å²) in [6, 6.07) is 24.0. The lowest BCUT2D eigenvalue weighted by Crippen LogP contribution is -1.59. The van der Waals surface area contributed by atoms with Crippen LogP contribution in [0, 0.1) is 0 Å². The Hall–Kier alpha value is -1.56. The van der Waals surface area contributed by atoms with Crippen molar-refractivity contribution in [2.24, 2.45) is 0 Å². The predicted molar refractivity (Wildman–Crippen MR) is 154 cm³/mol. The van der Waals surface area contributed by atoms with Gasteiger partial charge in [0.1, 0.15) is 0 Å². The van der Waals surface area contributed by atoms with Gasteiger partial charge < -0.3 is 0 Å².